The monoisotopic (exact) mass is 293 g/mol. The van der Waals surface area contributed by atoms with Crippen molar-refractivity contribution in [3.63, 3.8) is 0 Å². The van der Waals surface area contributed by atoms with E-state index in [2.05, 4.69) is 41.0 Å². The number of carbonyl (C=O) groups excluding carboxylic acids is 2. The first kappa shape index (κ1) is 16.9. The zero-order valence-corrected chi connectivity index (χ0v) is 13.0. The van der Waals surface area contributed by atoms with Gasteiger partial charge in [0, 0.05) is 18.3 Å². The minimum atomic E-state index is -0.440. The number of ether oxygens (including phenoxy) is 1. The van der Waals surface area contributed by atoms with Gasteiger partial charge >= 0.3 is 5.97 Å². The number of aromatic nitrogens is 2. The van der Waals surface area contributed by atoms with Crippen molar-refractivity contribution in [3.05, 3.63) is 29.6 Å². The standard InChI is InChI=1S/C15H23N3O3/c1-15(2,3)9-11-10-17-18-12(11)8-13(19)16-7-5-6-14(20)21-4/h5-6,10H,7-9H2,1-4H3,(H,16,19)(H,17,18)/b6-5+. The summed E-state index contributed by atoms with van der Waals surface area (Å²) in [6.45, 7) is 6.71. The molecular formula is C15H23N3O3. The quantitative estimate of drug-likeness (QED) is 0.613. The van der Waals surface area contributed by atoms with Crippen molar-refractivity contribution >= 4 is 11.9 Å². The molecule has 0 aromatic carbocycles. The van der Waals surface area contributed by atoms with Crippen molar-refractivity contribution in [2.24, 2.45) is 5.41 Å². The molecule has 116 valence electrons. The highest BCUT2D eigenvalue weighted by Gasteiger charge is 2.16. The van der Waals surface area contributed by atoms with Crippen LogP contribution in [0.15, 0.2) is 18.3 Å². The maximum Gasteiger partial charge on any atom is 0.330 e. The van der Waals surface area contributed by atoms with Gasteiger partial charge < -0.3 is 10.1 Å². The lowest BCUT2D eigenvalue weighted by molar-refractivity contribution is -0.134. The highest BCUT2D eigenvalue weighted by Crippen LogP contribution is 2.22. The molecule has 6 nitrogen and oxygen atoms in total. The van der Waals surface area contributed by atoms with Crippen LogP contribution in [0.5, 0.6) is 0 Å². The predicted octanol–water partition coefficient (Wildman–Crippen LogP) is 1.39. The number of hydrogen-bond donors (Lipinski definition) is 2. The Balaban J connectivity index is 2.47. The molecule has 2 N–H and O–H groups in total. The average molecular weight is 293 g/mol. The predicted molar refractivity (Wildman–Crippen MR) is 79.6 cm³/mol. The molecule has 0 radical (unpaired) electrons. The lowest BCUT2D eigenvalue weighted by atomic mass is 9.88. The molecule has 0 aliphatic heterocycles. The zero-order chi connectivity index (χ0) is 15.9. The van der Waals surface area contributed by atoms with Crippen molar-refractivity contribution < 1.29 is 14.3 Å². The third-order valence-corrected chi connectivity index (χ3v) is 2.74. The van der Waals surface area contributed by atoms with Crippen LogP contribution >= 0.6 is 0 Å². The molecule has 1 aromatic heterocycles. The first-order valence-corrected chi connectivity index (χ1v) is 6.84. The number of aromatic amines is 1. The zero-order valence-electron chi connectivity index (χ0n) is 13.0. The summed E-state index contributed by atoms with van der Waals surface area (Å²) in [5.74, 6) is -0.561. The Hall–Kier alpha value is -2.11. The van der Waals surface area contributed by atoms with Gasteiger partial charge in [0.25, 0.3) is 0 Å². The van der Waals surface area contributed by atoms with Gasteiger partial charge in [-0.05, 0) is 17.4 Å². The maximum absolute atomic E-state index is 11.8. The average Bonchev–Trinajstić information content (AvgIpc) is 2.79. The van der Waals surface area contributed by atoms with Crippen LogP contribution in [0.2, 0.25) is 0 Å². The molecule has 1 heterocycles. The van der Waals surface area contributed by atoms with E-state index < -0.39 is 5.97 Å². The minimum Gasteiger partial charge on any atom is -0.466 e. The van der Waals surface area contributed by atoms with E-state index in [9.17, 15) is 9.59 Å². The third-order valence-electron chi connectivity index (χ3n) is 2.74. The molecule has 0 unspecified atom stereocenters. The van der Waals surface area contributed by atoms with E-state index in [1.807, 2.05) is 0 Å². The van der Waals surface area contributed by atoms with Gasteiger partial charge in [0.2, 0.25) is 5.91 Å². The molecule has 0 fully saturated rings. The SMILES string of the molecule is COC(=O)/C=C/CNC(=O)Cc1[nH]ncc1CC(C)(C)C. The van der Waals surface area contributed by atoms with Gasteiger partial charge in [-0.25, -0.2) is 4.79 Å². The van der Waals surface area contributed by atoms with Crippen molar-refractivity contribution in [3.8, 4) is 0 Å². The van der Waals surface area contributed by atoms with Crippen LogP contribution < -0.4 is 5.32 Å². The second kappa shape index (κ2) is 7.61. The van der Waals surface area contributed by atoms with Gasteiger partial charge in [0.05, 0.1) is 19.7 Å². The van der Waals surface area contributed by atoms with Crippen molar-refractivity contribution in [2.45, 2.75) is 33.6 Å². The highest BCUT2D eigenvalue weighted by atomic mass is 16.5. The number of amides is 1. The molecule has 0 atom stereocenters. The summed E-state index contributed by atoms with van der Waals surface area (Å²) >= 11 is 0. The lowest BCUT2D eigenvalue weighted by Crippen LogP contribution is -2.26. The smallest absolute Gasteiger partial charge is 0.330 e. The minimum absolute atomic E-state index is 0.121. The molecule has 21 heavy (non-hydrogen) atoms. The second-order valence-electron chi connectivity index (χ2n) is 6.02. The Labute approximate surface area is 125 Å². The van der Waals surface area contributed by atoms with E-state index in [1.54, 1.807) is 12.3 Å². The number of nitrogens with zero attached hydrogens (tertiary/aromatic N) is 1. The Morgan fingerprint density at radius 1 is 1.43 bits per heavy atom. The summed E-state index contributed by atoms with van der Waals surface area (Å²) < 4.78 is 4.45. The van der Waals surface area contributed by atoms with Crippen LogP contribution in [0.25, 0.3) is 0 Å². The van der Waals surface area contributed by atoms with Gasteiger partial charge in [-0.1, -0.05) is 26.8 Å². The largest absolute Gasteiger partial charge is 0.466 e. The summed E-state index contributed by atoms with van der Waals surface area (Å²) in [6, 6.07) is 0. The fourth-order valence-corrected chi connectivity index (χ4v) is 1.83. The third kappa shape index (κ3) is 6.74. The fraction of sp³-hybridized carbons (Fsp3) is 0.533. The molecule has 0 aliphatic rings. The van der Waals surface area contributed by atoms with Crippen molar-refractivity contribution in [1.29, 1.82) is 0 Å². The summed E-state index contributed by atoms with van der Waals surface area (Å²) in [7, 11) is 1.31. The van der Waals surface area contributed by atoms with E-state index in [0.29, 0.717) is 0 Å². The molecule has 0 spiro atoms. The fourth-order valence-electron chi connectivity index (χ4n) is 1.83. The first-order valence-electron chi connectivity index (χ1n) is 6.84. The Morgan fingerprint density at radius 3 is 2.76 bits per heavy atom. The van der Waals surface area contributed by atoms with Crippen molar-refractivity contribution in [2.75, 3.05) is 13.7 Å². The van der Waals surface area contributed by atoms with Crippen LogP contribution in [0, 0.1) is 5.41 Å². The Kier molecular flexibility index (Phi) is 6.14. The Bertz CT molecular complexity index is 512. The van der Waals surface area contributed by atoms with E-state index >= 15 is 0 Å². The van der Waals surface area contributed by atoms with E-state index in [0.717, 1.165) is 17.7 Å². The molecule has 6 heteroatoms. The molecule has 0 saturated heterocycles. The number of H-pyrrole nitrogens is 1. The molecule has 0 bridgehead atoms. The molecule has 0 saturated carbocycles. The Morgan fingerprint density at radius 2 is 2.14 bits per heavy atom. The topological polar surface area (TPSA) is 84.1 Å². The molecule has 1 rings (SSSR count). The summed E-state index contributed by atoms with van der Waals surface area (Å²) in [6.07, 6.45) is 5.70. The van der Waals surface area contributed by atoms with Crippen LogP contribution in [-0.4, -0.2) is 35.7 Å². The van der Waals surface area contributed by atoms with Crippen LogP contribution in [0.3, 0.4) is 0 Å². The van der Waals surface area contributed by atoms with Crippen molar-refractivity contribution in [1.82, 2.24) is 15.5 Å². The molecule has 1 amide bonds. The van der Waals surface area contributed by atoms with Gasteiger partial charge in [-0.15, -0.1) is 0 Å². The number of nitrogens with one attached hydrogen (secondary N) is 2. The number of rotatable bonds is 6. The van der Waals surface area contributed by atoms with Gasteiger partial charge in [-0.3, -0.25) is 9.89 Å². The van der Waals surface area contributed by atoms with Crippen LogP contribution in [-0.2, 0) is 27.2 Å². The van der Waals surface area contributed by atoms with Crippen LogP contribution in [0.1, 0.15) is 32.0 Å². The number of carbonyl (C=O) groups is 2. The van der Waals surface area contributed by atoms with Crippen LogP contribution in [0.4, 0.5) is 0 Å². The second-order valence-corrected chi connectivity index (χ2v) is 6.02. The van der Waals surface area contributed by atoms with Gasteiger partial charge in [0.15, 0.2) is 0 Å². The van der Waals surface area contributed by atoms with E-state index in [1.165, 1.54) is 13.2 Å². The lowest BCUT2D eigenvalue weighted by Gasteiger charge is -2.17. The number of methoxy groups -OCH3 is 1. The summed E-state index contributed by atoms with van der Waals surface area (Å²) in [5.41, 5.74) is 2.03. The van der Waals surface area contributed by atoms with E-state index in [-0.39, 0.29) is 24.3 Å². The number of hydrogen-bond acceptors (Lipinski definition) is 4. The van der Waals surface area contributed by atoms with Gasteiger partial charge in [0.1, 0.15) is 0 Å². The summed E-state index contributed by atoms with van der Waals surface area (Å²) in [4.78, 5) is 22.7. The van der Waals surface area contributed by atoms with Gasteiger partial charge in [-0.2, -0.15) is 5.10 Å². The normalized spacial score (nSPS) is 11.6. The van der Waals surface area contributed by atoms with E-state index in [4.69, 9.17) is 0 Å². The highest BCUT2D eigenvalue weighted by molar-refractivity contribution is 5.82. The summed E-state index contributed by atoms with van der Waals surface area (Å²) in [5, 5.41) is 9.59. The molecular weight excluding hydrogens is 270 g/mol. The first-order chi connectivity index (χ1) is 9.81. The number of esters is 1. The molecule has 1 aromatic rings. The molecule has 0 aliphatic carbocycles. The maximum atomic E-state index is 11.8.